The fraction of sp³-hybridized carbons (Fsp3) is 0.700. The molecule has 0 unspecified atom stereocenters. The predicted octanol–water partition coefficient (Wildman–Crippen LogP) is 3.54. The number of hydrogen-bond acceptors (Lipinski definition) is 3. The highest BCUT2D eigenvalue weighted by Gasteiger charge is 2.28. The van der Waals surface area contributed by atoms with Crippen molar-refractivity contribution in [1.82, 2.24) is 9.62 Å². The van der Waals surface area contributed by atoms with Crippen LogP contribution < -0.4 is 4.72 Å². The standard InChI is InChI=1S/C20H32N2O2S/c1-15-12-17(3)20(13-16(15)2)25(23,24)21-14-18-8-10-22(11-9-18)19-6-4-5-7-19/h12-13,18-19,21H,4-11,14H2,1-3H3. The number of hydrogen-bond donors (Lipinski definition) is 1. The predicted molar refractivity (Wildman–Crippen MR) is 102 cm³/mol. The molecule has 0 amide bonds. The van der Waals surface area contributed by atoms with E-state index in [1.54, 1.807) is 6.07 Å². The molecular formula is C20H32N2O2S. The summed E-state index contributed by atoms with van der Waals surface area (Å²) in [6, 6.07) is 4.55. The number of rotatable bonds is 5. The van der Waals surface area contributed by atoms with Crippen molar-refractivity contribution in [1.29, 1.82) is 0 Å². The second-order valence-corrected chi connectivity index (χ2v) is 9.71. The molecule has 3 rings (SSSR count). The molecule has 0 atom stereocenters. The third-order valence-corrected chi connectivity index (χ3v) is 7.70. The van der Waals surface area contributed by atoms with Gasteiger partial charge in [-0.1, -0.05) is 18.9 Å². The van der Waals surface area contributed by atoms with E-state index >= 15 is 0 Å². The van der Waals surface area contributed by atoms with Crippen molar-refractivity contribution in [2.24, 2.45) is 5.92 Å². The van der Waals surface area contributed by atoms with E-state index in [-0.39, 0.29) is 0 Å². The number of benzene rings is 1. The molecule has 1 N–H and O–H groups in total. The van der Waals surface area contributed by atoms with Crippen LogP contribution in [-0.2, 0) is 10.0 Å². The molecule has 1 saturated carbocycles. The largest absolute Gasteiger partial charge is 0.300 e. The lowest BCUT2D eigenvalue weighted by Gasteiger charge is -2.36. The number of piperidine rings is 1. The van der Waals surface area contributed by atoms with Crippen molar-refractivity contribution >= 4 is 10.0 Å². The number of nitrogens with one attached hydrogen (secondary N) is 1. The van der Waals surface area contributed by atoms with E-state index in [2.05, 4.69) is 9.62 Å². The van der Waals surface area contributed by atoms with Gasteiger partial charge < -0.3 is 4.90 Å². The summed E-state index contributed by atoms with van der Waals surface area (Å²) < 4.78 is 28.3. The van der Waals surface area contributed by atoms with Crippen LogP contribution in [0, 0.1) is 26.7 Å². The van der Waals surface area contributed by atoms with Gasteiger partial charge in [0.05, 0.1) is 4.90 Å². The Morgan fingerprint density at radius 1 is 0.960 bits per heavy atom. The lowest BCUT2D eigenvalue weighted by molar-refractivity contribution is 0.135. The quantitative estimate of drug-likeness (QED) is 0.869. The Labute approximate surface area is 153 Å². The lowest BCUT2D eigenvalue weighted by Crippen LogP contribution is -2.42. The van der Waals surface area contributed by atoms with Crippen LogP contribution in [0.5, 0.6) is 0 Å². The highest BCUT2D eigenvalue weighted by molar-refractivity contribution is 7.89. The van der Waals surface area contributed by atoms with Crippen LogP contribution in [0.4, 0.5) is 0 Å². The molecule has 0 spiro atoms. The third-order valence-electron chi connectivity index (χ3n) is 6.13. The number of sulfonamides is 1. The van der Waals surface area contributed by atoms with Crippen LogP contribution in [0.1, 0.15) is 55.2 Å². The van der Waals surface area contributed by atoms with Gasteiger partial charge in [-0.15, -0.1) is 0 Å². The summed E-state index contributed by atoms with van der Waals surface area (Å²) in [5.41, 5.74) is 2.98. The van der Waals surface area contributed by atoms with Crippen molar-refractivity contribution in [3.63, 3.8) is 0 Å². The lowest BCUT2D eigenvalue weighted by atomic mass is 9.96. The van der Waals surface area contributed by atoms with Crippen LogP contribution in [0.2, 0.25) is 0 Å². The Morgan fingerprint density at radius 3 is 2.20 bits per heavy atom. The molecule has 0 radical (unpaired) electrons. The second-order valence-electron chi connectivity index (χ2n) is 7.97. The van der Waals surface area contributed by atoms with Crippen LogP contribution in [0.25, 0.3) is 0 Å². The van der Waals surface area contributed by atoms with Gasteiger partial charge in [0, 0.05) is 12.6 Å². The van der Waals surface area contributed by atoms with E-state index in [9.17, 15) is 8.42 Å². The fourth-order valence-electron chi connectivity index (χ4n) is 4.32. The first kappa shape index (κ1) is 18.9. The third kappa shape index (κ3) is 4.44. The topological polar surface area (TPSA) is 49.4 Å². The maximum absolute atomic E-state index is 12.7. The Kier molecular flexibility index (Phi) is 5.86. The van der Waals surface area contributed by atoms with Gasteiger partial charge in [0.1, 0.15) is 0 Å². The molecule has 0 bridgehead atoms. The normalized spacial score (nSPS) is 21.1. The summed E-state index contributed by atoms with van der Waals surface area (Å²) in [6.45, 7) is 8.67. The number of nitrogens with zero attached hydrogens (tertiary/aromatic N) is 1. The average molecular weight is 365 g/mol. The molecule has 1 aromatic rings. The van der Waals surface area contributed by atoms with E-state index in [0.717, 1.165) is 48.7 Å². The zero-order valence-electron chi connectivity index (χ0n) is 15.8. The molecule has 25 heavy (non-hydrogen) atoms. The van der Waals surface area contributed by atoms with E-state index < -0.39 is 10.0 Å². The first-order valence-corrected chi connectivity index (χ1v) is 11.2. The minimum Gasteiger partial charge on any atom is -0.300 e. The maximum Gasteiger partial charge on any atom is 0.240 e. The van der Waals surface area contributed by atoms with Crippen LogP contribution >= 0.6 is 0 Å². The van der Waals surface area contributed by atoms with Gasteiger partial charge in [0.15, 0.2) is 0 Å². The minimum atomic E-state index is -3.42. The highest BCUT2D eigenvalue weighted by atomic mass is 32.2. The molecule has 2 fully saturated rings. The highest BCUT2D eigenvalue weighted by Crippen LogP contribution is 2.28. The summed E-state index contributed by atoms with van der Waals surface area (Å²) in [5, 5.41) is 0. The second kappa shape index (κ2) is 7.77. The monoisotopic (exact) mass is 364 g/mol. The SMILES string of the molecule is Cc1cc(C)c(S(=O)(=O)NCC2CCN(C3CCCC3)CC2)cc1C. The number of aryl methyl sites for hydroxylation is 3. The molecule has 4 nitrogen and oxygen atoms in total. The summed E-state index contributed by atoms with van der Waals surface area (Å²) in [7, 11) is -3.42. The van der Waals surface area contributed by atoms with E-state index in [4.69, 9.17) is 0 Å². The summed E-state index contributed by atoms with van der Waals surface area (Å²) in [5.74, 6) is 0.458. The van der Waals surface area contributed by atoms with Gasteiger partial charge >= 0.3 is 0 Å². The first-order valence-electron chi connectivity index (χ1n) is 9.68. The Balaban J connectivity index is 1.55. The molecule has 1 saturated heterocycles. The minimum absolute atomic E-state index is 0.430. The maximum atomic E-state index is 12.7. The van der Waals surface area contributed by atoms with Crippen molar-refractivity contribution in [2.75, 3.05) is 19.6 Å². The smallest absolute Gasteiger partial charge is 0.240 e. The van der Waals surface area contributed by atoms with Gasteiger partial charge in [-0.2, -0.15) is 0 Å². The molecular weight excluding hydrogens is 332 g/mol. The zero-order valence-corrected chi connectivity index (χ0v) is 16.7. The van der Waals surface area contributed by atoms with Crippen LogP contribution in [0.3, 0.4) is 0 Å². The van der Waals surface area contributed by atoms with Crippen LogP contribution in [0.15, 0.2) is 17.0 Å². The first-order chi connectivity index (χ1) is 11.9. The van der Waals surface area contributed by atoms with Crippen molar-refractivity contribution < 1.29 is 8.42 Å². The van der Waals surface area contributed by atoms with Gasteiger partial charge in [0.25, 0.3) is 0 Å². The van der Waals surface area contributed by atoms with Crippen LogP contribution in [-0.4, -0.2) is 39.0 Å². The molecule has 0 aromatic heterocycles. The zero-order chi connectivity index (χ0) is 18.0. The summed E-state index contributed by atoms with van der Waals surface area (Å²) in [6.07, 6.45) is 7.65. The van der Waals surface area contributed by atoms with Crippen molar-refractivity contribution in [2.45, 2.75) is 70.2 Å². The van der Waals surface area contributed by atoms with Gasteiger partial charge in [-0.05, 0) is 88.2 Å². The van der Waals surface area contributed by atoms with E-state index in [1.807, 2.05) is 26.8 Å². The molecule has 1 heterocycles. The van der Waals surface area contributed by atoms with E-state index in [1.165, 1.54) is 25.7 Å². The van der Waals surface area contributed by atoms with E-state index in [0.29, 0.717) is 17.4 Å². The average Bonchev–Trinajstić information content (AvgIpc) is 3.11. The Bertz CT molecular complexity index is 701. The van der Waals surface area contributed by atoms with Gasteiger partial charge in [-0.25, -0.2) is 13.1 Å². The summed E-state index contributed by atoms with van der Waals surface area (Å²) in [4.78, 5) is 3.06. The molecule has 1 aliphatic heterocycles. The molecule has 140 valence electrons. The molecule has 2 aliphatic rings. The Morgan fingerprint density at radius 2 is 1.56 bits per heavy atom. The van der Waals surface area contributed by atoms with Crippen molar-refractivity contribution in [3.05, 3.63) is 28.8 Å². The number of likely N-dealkylation sites (tertiary alicyclic amines) is 1. The Hall–Kier alpha value is -0.910. The van der Waals surface area contributed by atoms with Gasteiger partial charge in [0.2, 0.25) is 10.0 Å². The molecule has 1 aromatic carbocycles. The summed E-state index contributed by atoms with van der Waals surface area (Å²) >= 11 is 0. The molecule has 5 heteroatoms. The molecule has 1 aliphatic carbocycles. The van der Waals surface area contributed by atoms with Gasteiger partial charge in [-0.3, -0.25) is 0 Å². The fourth-order valence-corrected chi connectivity index (χ4v) is 5.75. The van der Waals surface area contributed by atoms with Crippen molar-refractivity contribution in [3.8, 4) is 0 Å².